The van der Waals surface area contributed by atoms with Crippen LogP contribution in [0, 0.1) is 5.41 Å². The van der Waals surface area contributed by atoms with Crippen molar-refractivity contribution in [2.24, 2.45) is 16.5 Å². The summed E-state index contributed by atoms with van der Waals surface area (Å²) in [5.41, 5.74) is 10.2. The second-order valence-corrected chi connectivity index (χ2v) is 13.1. The third-order valence-corrected chi connectivity index (χ3v) is 9.17. The fraction of sp³-hybridized carbons (Fsp3) is 0.862. The number of hydrogen-bond donors (Lipinski definition) is 17. The highest BCUT2D eigenvalue weighted by Crippen LogP contribution is 2.32. The molecule has 1 aliphatic carbocycles. The lowest BCUT2D eigenvalue weighted by molar-refractivity contribution is -0.373. The van der Waals surface area contributed by atoms with Crippen molar-refractivity contribution >= 4 is 11.9 Å². The number of nitrogens with zero attached hydrogens (tertiary/aromatic N) is 2. The van der Waals surface area contributed by atoms with Gasteiger partial charge in [-0.2, -0.15) is 4.99 Å². The zero-order chi connectivity index (χ0) is 40.1. The Bertz CT molecular complexity index is 1230. The fourth-order valence-corrected chi connectivity index (χ4v) is 6.04. The molecule has 4 aliphatic rings. The van der Waals surface area contributed by atoms with E-state index < -0.39 is 136 Å². The first kappa shape index (κ1) is 45.1. The lowest BCUT2D eigenvalue weighted by Gasteiger charge is -2.48. The van der Waals surface area contributed by atoms with Gasteiger partial charge in [0.25, 0.3) is 0 Å². The third-order valence-electron chi connectivity index (χ3n) is 9.17. The summed E-state index contributed by atoms with van der Waals surface area (Å²) in [5.74, 6) is -0.0382. The Morgan fingerprint density at radius 3 is 1.75 bits per heavy atom. The van der Waals surface area contributed by atoms with Gasteiger partial charge in [0.15, 0.2) is 24.8 Å². The van der Waals surface area contributed by atoms with Crippen molar-refractivity contribution in [3.8, 4) is 0 Å². The van der Waals surface area contributed by atoms with Gasteiger partial charge in [0.2, 0.25) is 5.96 Å². The number of guanidine groups is 2. The molecule has 0 bridgehead atoms. The van der Waals surface area contributed by atoms with Crippen LogP contribution in [0.3, 0.4) is 0 Å². The Hall–Kier alpha value is -2.28. The summed E-state index contributed by atoms with van der Waals surface area (Å²) in [4.78, 5) is 5.03. The van der Waals surface area contributed by atoms with E-state index in [-0.39, 0.29) is 17.5 Å². The monoisotopic (exact) mass is 774 g/mol. The molecular formula is C29H54N6O18. The predicted octanol–water partition coefficient (Wildman–Crippen LogP) is -9.81. The minimum Gasteiger partial charge on any atom is -0.394 e. The molecule has 19 atom stereocenters. The molecule has 3 aliphatic heterocycles. The van der Waals surface area contributed by atoms with E-state index in [2.05, 4.69) is 10.3 Å². The van der Waals surface area contributed by atoms with Crippen LogP contribution >= 0.6 is 0 Å². The van der Waals surface area contributed by atoms with Gasteiger partial charge in [0.1, 0.15) is 79.4 Å². The van der Waals surface area contributed by atoms with Crippen LogP contribution in [-0.4, -0.2) is 234 Å². The Labute approximate surface area is 303 Å². The molecule has 0 spiro atoms. The van der Waals surface area contributed by atoms with Crippen molar-refractivity contribution < 1.29 is 90.1 Å². The first-order valence-electron chi connectivity index (χ1n) is 16.5. The molecule has 0 aromatic carbocycles. The lowest BCUT2D eigenvalue weighted by Crippen LogP contribution is -2.68. The molecule has 0 aromatic rings. The van der Waals surface area contributed by atoms with Crippen molar-refractivity contribution in [1.29, 1.82) is 5.41 Å². The average molecular weight is 775 g/mol. The van der Waals surface area contributed by atoms with E-state index in [0.717, 1.165) is 0 Å². The molecule has 0 amide bonds. The SMILES string of the molecule is CN(C)C(N)=NC(=N)N.C[C@H]1O[C@H](O[C@H]2[C@H](O)[C@@H](O)[C@@H](O[C@H]3[C@H](O)[C@@H](O)[C@H](O)O[C@@H]3CO)O[C@@H]2CO)[C@H](O)[C@@H](O)[C@@H]1N[C@H]1C=C(CO)[C@@H](O)[C@H](O)[C@H]1O. The Morgan fingerprint density at radius 1 is 0.755 bits per heavy atom. The van der Waals surface area contributed by atoms with Gasteiger partial charge in [-0.15, -0.1) is 0 Å². The van der Waals surface area contributed by atoms with E-state index in [1.54, 1.807) is 19.0 Å². The summed E-state index contributed by atoms with van der Waals surface area (Å²) >= 11 is 0. The van der Waals surface area contributed by atoms with Crippen LogP contribution in [0.4, 0.5) is 0 Å². The maximum atomic E-state index is 10.9. The standard InChI is InChI=1S/C25H43NO18.C4H11N5/c1-6-11(26-8-2-7(3-27)12(30)15(33)13(8)31)14(32)19(37)24(40-6)43-22-10(5-29)42-25(20(38)17(22)35)44-21-9(4-28)41-23(39)18(36)16(21)34;1-9(2)4(7)8-3(5)6/h2,6,8-39H,3-5H2,1H3;1-2H3,(H5,5,6,7,8)/t6-,8+,9-,10-,11-,12-,13+,14+,15+,16-,17-,18-,19-,20-,21-,22-,23-,24-,25-;/m1./s1. The summed E-state index contributed by atoms with van der Waals surface area (Å²) in [6.45, 7) is -0.753. The molecule has 19 N–H and O–H groups in total. The molecule has 3 heterocycles. The minimum absolute atomic E-state index is 0.0225. The molecule has 0 saturated carbocycles. The van der Waals surface area contributed by atoms with E-state index in [9.17, 15) is 66.4 Å². The predicted molar refractivity (Wildman–Crippen MR) is 175 cm³/mol. The van der Waals surface area contributed by atoms with Gasteiger partial charge in [-0.3, -0.25) is 5.41 Å². The maximum absolute atomic E-state index is 10.9. The molecule has 3 saturated heterocycles. The number of rotatable bonds is 9. The molecule has 24 heteroatoms. The number of aliphatic hydroxyl groups is 13. The topological polar surface area (TPSA) is 413 Å². The minimum atomic E-state index is -1.93. The van der Waals surface area contributed by atoms with E-state index in [0.29, 0.717) is 0 Å². The molecule has 3 fully saturated rings. The van der Waals surface area contributed by atoms with Gasteiger partial charge >= 0.3 is 0 Å². The van der Waals surface area contributed by atoms with Gasteiger partial charge in [-0.25, -0.2) is 0 Å². The van der Waals surface area contributed by atoms with Crippen molar-refractivity contribution in [2.45, 2.75) is 123 Å². The van der Waals surface area contributed by atoms with Gasteiger partial charge in [0, 0.05) is 14.1 Å². The highest BCUT2D eigenvalue weighted by atomic mass is 16.7. The number of aliphatic imine (C=N–C) groups is 1. The molecule has 4 rings (SSSR count). The maximum Gasteiger partial charge on any atom is 0.215 e. The highest BCUT2D eigenvalue weighted by molar-refractivity contribution is 5.91. The third kappa shape index (κ3) is 10.5. The Morgan fingerprint density at radius 2 is 1.26 bits per heavy atom. The number of nitrogens with two attached hydrogens (primary N) is 2. The molecule has 0 aromatic heterocycles. The molecule has 308 valence electrons. The van der Waals surface area contributed by atoms with Crippen LogP contribution in [0.1, 0.15) is 6.92 Å². The zero-order valence-corrected chi connectivity index (χ0v) is 29.1. The van der Waals surface area contributed by atoms with Crippen molar-refractivity contribution in [3.05, 3.63) is 11.6 Å². The summed E-state index contributed by atoms with van der Waals surface area (Å²) < 4.78 is 27.4. The smallest absolute Gasteiger partial charge is 0.215 e. The number of hydrogen-bond acceptors (Lipinski definition) is 20. The van der Waals surface area contributed by atoms with Crippen molar-refractivity contribution in [3.63, 3.8) is 0 Å². The molecule has 0 unspecified atom stereocenters. The van der Waals surface area contributed by atoms with Crippen LogP contribution in [0.5, 0.6) is 0 Å². The number of nitrogens with one attached hydrogen (secondary N) is 2. The zero-order valence-electron chi connectivity index (χ0n) is 29.1. The van der Waals surface area contributed by atoms with Gasteiger partial charge in [-0.1, -0.05) is 6.08 Å². The van der Waals surface area contributed by atoms with Crippen LogP contribution in [-0.2, 0) is 23.7 Å². The second-order valence-electron chi connectivity index (χ2n) is 13.1. The fourth-order valence-electron chi connectivity index (χ4n) is 6.04. The second kappa shape index (κ2) is 19.5. The van der Waals surface area contributed by atoms with Crippen LogP contribution in [0.15, 0.2) is 16.6 Å². The first-order valence-corrected chi connectivity index (χ1v) is 16.5. The largest absolute Gasteiger partial charge is 0.394 e. The number of ether oxygens (including phenoxy) is 5. The van der Waals surface area contributed by atoms with Crippen LogP contribution in [0.25, 0.3) is 0 Å². The summed E-state index contributed by atoms with van der Waals surface area (Å²) in [6, 6.07) is -2.17. The number of aliphatic hydroxyl groups excluding tert-OH is 13. The summed E-state index contributed by atoms with van der Waals surface area (Å²) in [7, 11) is 3.45. The van der Waals surface area contributed by atoms with Crippen molar-refractivity contribution in [2.75, 3.05) is 33.9 Å². The molecule has 53 heavy (non-hydrogen) atoms. The van der Waals surface area contributed by atoms with Crippen molar-refractivity contribution in [1.82, 2.24) is 10.2 Å². The first-order chi connectivity index (χ1) is 24.8. The van der Waals surface area contributed by atoms with Crippen LogP contribution < -0.4 is 16.8 Å². The lowest BCUT2D eigenvalue weighted by atomic mass is 9.86. The van der Waals surface area contributed by atoms with Gasteiger partial charge in [0.05, 0.1) is 38.0 Å². The normalized spacial score (nSPS) is 45.1. The van der Waals surface area contributed by atoms with E-state index in [1.807, 2.05) is 0 Å². The van der Waals surface area contributed by atoms with Gasteiger partial charge in [-0.05, 0) is 12.5 Å². The summed E-state index contributed by atoms with van der Waals surface area (Å²) in [5, 5.41) is 142. The molecule has 24 nitrogen and oxygen atoms in total. The van der Waals surface area contributed by atoms with E-state index in [4.69, 9.17) is 40.6 Å². The average Bonchev–Trinajstić information content (AvgIpc) is 3.11. The quantitative estimate of drug-likeness (QED) is 0.0587. The van der Waals surface area contributed by atoms with Gasteiger partial charge < -0.3 is 112 Å². The van der Waals surface area contributed by atoms with E-state index >= 15 is 0 Å². The molecule has 0 radical (unpaired) electrons. The summed E-state index contributed by atoms with van der Waals surface area (Å²) in [6.07, 6.45) is -26.6. The Balaban J connectivity index is 0.000000743. The molecular weight excluding hydrogens is 720 g/mol. The van der Waals surface area contributed by atoms with E-state index in [1.165, 1.54) is 13.0 Å². The Kier molecular flexibility index (Phi) is 16.6. The van der Waals surface area contributed by atoms with Crippen LogP contribution in [0.2, 0.25) is 0 Å². The highest BCUT2D eigenvalue weighted by Gasteiger charge is 2.53.